The molecule has 0 aliphatic carbocycles. The maximum atomic E-state index is 13.1. The second-order valence-electron chi connectivity index (χ2n) is 5.47. The standard InChI is InChI=1S/C19H20F2N2O3/c1-3-23(4-2)19(25)13-5-7-14(8-6-13)22-18(24)12-26-15-9-10-16(20)17(21)11-15/h5-11H,3-4,12H2,1-2H3,(H,22,24). The maximum absolute atomic E-state index is 13.1. The Morgan fingerprint density at radius 3 is 2.23 bits per heavy atom. The van der Waals surface area contributed by atoms with E-state index in [2.05, 4.69) is 5.32 Å². The summed E-state index contributed by atoms with van der Waals surface area (Å²) in [5.74, 6) is -2.51. The molecule has 5 nitrogen and oxygen atoms in total. The number of ether oxygens (including phenoxy) is 1. The van der Waals surface area contributed by atoms with Gasteiger partial charge in [-0.15, -0.1) is 0 Å². The molecule has 1 N–H and O–H groups in total. The number of nitrogens with one attached hydrogen (secondary N) is 1. The number of carbonyl (C=O) groups excluding carboxylic acids is 2. The van der Waals surface area contributed by atoms with E-state index in [9.17, 15) is 18.4 Å². The fourth-order valence-corrected chi connectivity index (χ4v) is 2.30. The molecule has 0 unspecified atom stereocenters. The molecule has 2 aromatic rings. The molecule has 0 aromatic heterocycles. The van der Waals surface area contributed by atoms with Gasteiger partial charge in [0.2, 0.25) is 0 Å². The summed E-state index contributed by atoms with van der Waals surface area (Å²) in [5, 5.41) is 2.60. The van der Waals surface area contributed by atoms with E-state index in [-0.39, 0.29) is 18.3 Å². The lowest BCUT2D eigenvalue weighted by Crippen LogP contribution is -2.30. The average Bonchev–Trinajstić information content (AvgIpc) is 2.64. The van der Waals surface area contributed by atoms with Crippen LogP contribution < -0.4 is 10.1 Å². The van der Waals surface area contributed by atoms with Gasteiger partial charge in [0, 0.05) is 30.4 Å². The average molecular weight is 362 g/mol. The van der Waals surface area contributed by atoms with Gasteiger partial charge in [0.1, 0.15) is 5.75 Å². The number of hydrogen-bond donors (Lipinski definition) is 1. The lowest BCUT2D eigenvalue weighted by atomic mass is 10.2. The molecule has 0 aliphatic heterocycles. The maximum Gasteiger partial charge on any atom is 0.262 e. The fraction of sp³-hybridized carbons (Fsp3) is 0.263. The van der Waals surface area contributed by atoms with Gasteiger partial charge in [-0.3, -0.25) is 9.59 Å². The molecule has 0 radical (unpaired) electrons. The molecule has 0 spiro atoms. The third-order valence-corrected chi connectivity index (χ3v) is 3.73. The Hall–Kier alpha value is -2.96. The molecule has 0 aliphatic rings. The van der Waals surface area contributed by atoms with Crippen LogP contribution in [0, 0.1) is 11.6 Å². The summed E-state index contributed by atoms with van der Waals surface area (Å²) in [4.78, 5) is 25.8. The monoisotopic (exact) mass is 362 g/mol. The molecule has 0 saturated heterocycles. The highest BCUT2D eigenvalue weighted by molar-refractivity contribution is 5.96. The third-order valence-electron chi connectivity index (χ3n) is 3.73. The molecular weight excluding hydrogens is 342 g/mol. The van der Waals surface area contributed by atoms with Crippen molar-refractivity contribution in [1.82, 2.24) is 4.90 Å². The molecule has 0 heterocycles. The summed E-state index contributed by atoms with van der Waals surface area (Å²) >= 11 is 0. The Labute approximate surface area is 150 Å². The highest BCUT2D eigenvalue weighted by Crippen LogP contribution is 2.16. The summed E-state index contributed by atoms with van der Waals surface area (Å²) in [6.45, 7) is 4.70. The summed E-state index contributed by atoms with van der Waals surface area (Å²) in [7, 11) is 0. The van der Waals surface area contributed by atoms with Crippen molar-refractivity contribution in [3.63, 3.8) is 0 Å². The molecule has 0 saturated carbocycles. The van der Waals surface area contributed by atoms with E-state index in [0.717, 1.165) is 12.1 Å². The van der Waals surface area contributed by atoms with Crippen LogP contribution in [-0.4, -0.2) is 36.4 Å². The molecule has 138 valence electrons. The third kappa shape index (κ3) is 5.02. The molecule has 0 bridgehead atoms. The van der Waals surface area contributed by atoms with E-state index in [1.54, 1.807) is 29.2 Å². The van der Waals surface area contributed by atoms with Crippen molar-refractivity contribution in [1.29, 1.82) is 0 Å². The first kappa shape index (κ1) is 19.4. The minimum Gasteiger partial charge on any atom is -0.484 e. The normalized spacial score (nSPS) is 10.3. The second kappa shape index (κ2) is 8.94. The predicted molar refractivity (Wildman–Crippen MR) is 94.2 cm³/mol. The number of hydrogen-bond acceptors (Lipinski definition) is 3. The van der Waals surface area contributed by atoms with Gasteiger partial charge in [-0.1, -0.05) is 0 Å². The number of anilines is 1. The van der Waals surface area contributed by atoms with Crippen LogP contribution in [0.1, 0.15) is 24.2 Å². The lowest BCUT2D eigenvalue weighted by Gasteiger charge is -2.18. The van der Waals surface area contributed by atoms with Crippen LogP contribution in [0.2, 0.25) is 0 Å². The number of halogens is 2. The molecular formula is C19H20F2N2O3. The first-order valence-corrected chi connectivity index (χ1v) is 8.21. The van der Waals surface area contributed by atoms with Crippen molar-refractivity contribution in [2.45, 2.75) is 13.8 Å². The van der Waals surface area contributed by atoms with Crippen LogP contribution in [0.5, 0.6) is 5.75 Å². The van der Waals surface area contributed by atoms with Gasteiger partial charge in [0.15, 0.2) is 18.2 Å². The van der Waals surface area contributed by atoms with Crippen LogP contribution in [0.3, 0.4) is 0 Å². The molecule has 0 atom stereocenters. The van der Waals surface area contributed by atoms with E-state index >= 15 is 0 Å². The highest BCUT2D eigenvalue weighted by Gasteiger charge is 2.12. The van der Waals surface area contributed by atoms with Gasteiger partial charge in [0.25, 0.3) is 11.8 Å². The molecule has 26 heavy (non-hydrogen) atoms. The largest absolute Gasteiger partial charge is 0.484 e. The predicted octanol–water partition coefficient (Wildman–Crippen LogP) is 3.46. The van der Waals surface area contributed by atoms with Gasteiger partial charge in [-0.05, 0) is 50.2 Å². The van der Waals surface area contributed by atoms with E-state index in [4.69, 9.17) is 4.74 Å². The van der Waals surface area contributed by atoms with Crippen LogP contribution in [0.25, 0.3) is 0 Å². The summed E-state index contributed by atoms with van der Waals surface area (Å²) in [5.41, 5.74) is 1.03. The first-order chi connectivity index (χ1) is 12.4. The van der Waals surface area contributed by atoms with E-state index in [1.165, 1.54) is 6.07 Å². The minimum absolute atomic E-state index is 0.0548. The highest BCUT2D eigenvalue weighted by atomic mass is 19.2. The topological polar surface area (TPSA) is 58.6 Å². The van der Waals surface area contributed by atoms with Gasteiger partial charge >= 0.3 is 0 Å². The Balaban J connectivity index is 1.90. The SMILES string of the molecule is CCN(CC)C(=O)c1ccc(NC(=O)COc2ccc(F)c(F)c2)cc1. The van der Waals surface area contributed by atoms with Crippen molar-refractivity contribution >= 4 is 17.5 Å². The number of amides is 2. The zero-order valence-corrected chi connectivity index (χ0v) is 14.6. The number of benzene rings is 2. The van der Waals surface area contributed by atoms with Crippen LogP contribution >= 0.6 is 0 Å². The van der Waals surface area contributed by atoms with Crippen LogP contribution in [0.4, 0.5) is 14.5 Å². The number of rotatable bonds is 7. The molecule has 0 fully saturated rings. The zero-order chi connectivity index (χ0) is 19.1. The van der Waals surface area contributed by atoms with E-state index < -0.39 is 17.5 Å². The second-order valence-corrected chi connectivity index (χ2v) is 5.47. The number of carbonyl (C=O) groups is 2. The van der Waals surface area contributed by atoms with Crippen molar-refractivity contribution in [3.05, 3.63) is 59.7 Å². The lowest BCUT2D eigenvalue weighted by molar-refractivity contribution is -0.118. The summed E-state index contributed by atoms with van der Waals surface area (Å²) < 4.78 is 31.0. The van der Waals surface area contributed by atoms with Crippen molar-refractivity contribution < 1.29 is 23.1 Å². The van der Waals surface area contributed by atoms with Crippen molar-refractivity contribution in [2.75, 3.05) is 25.0 Å². The minimum atomic E-state index is -1.05. The Morgan fingerprint density at radius 2 is 1.65 bits per heavy atom. The fourth-order valence-electron chi connectivity index (χ4n) is 2.30. The molecule has 2 amide bonds. The van der Waals surface area contributed by atoms with Crippen molar-refractivity contribution in [3.8, 4) is 5.75 Å². The summed E-state index contributed by atoms with van der Waals surface area (Å²) in [6, 6.07) is 9.53. The van der Waals surface area contributed by atoms with Gasteiger partial charge in [-0.25, -0.2) is 8.78 Å². The van der Waals surface area contributed by atoms with Crippen LogP contribution in [0.15, 0.2) is 42.5 Å². The Bertz CT molecular complexity index is 775. The Kier molecular flexibility index (Phi) is 6.66. The van der Waals surface area contributed by atoms with Gasteiger partial charge in [0.05, 0.1) is 0 Å². The molecule has 2 rings (SSSR count). The smallest absolute Gasteiger partial charge is 0.262 e. The van der Waals surface area contributed by atoms with Gasteiger partial charge in [-0.2, -0.15) is 0 Å². The zero-order valence-electron chi connectivity index (χ0n) is 14.6. The summed E-state index contributed by atoms with van der Waals surface area (Å²) in [6.07, 6.45) is 0. The Morgan fingerprint density at radius 1 is 1.00 bits per heavy atom. The molecule has 2 aromatic carbocycles. The number of nitrogens with zero attached hydrogens (tertiary/aromatic N) is 1. The first-order valence-electron chi connectivity index (χ1n) is 8.21. The van der Waals surface area contributed by atoms with Crippen LogP contribution in [-0.2, 0) is 4.79 Å². The van der Waals surface area contributed by atoms with Crippen molar-refractivity contribution in [2.24, 2.45) is 0 Å². The van der Waals surface area contributed by atoms with E-state index in [0.29, 0.717) is 24.3 Å². The molecule has 7 heteroatoms. The quantitative estimate of drug-likeness (QED) is 0.821. The van der Waals surface area contributed by atoms with E-state index in [1.807, 2.05) is 13.8 Å². The van der Waals surface area contributed by atoms with Gasteiger partial charge < -0.3 is 15.0 Å².